The standard InChI is InChI=1S/C19H22N4O4/c1-9(2)16-18(24)22-14-6-10(26-4)5-11(17(14)27-16)13-8-23(3)19(25)15(21)12(13)7-20/h5-9,16,20H,21H2,1-4H3,(H,22,24). The first-order chi connectivity index (χ1) is 12.8. The number of methoxy groups -OCH3 is 1. The van der Waals surface area contributed by atoms with Crippen LogP contribution in [0.4, 0.5) is 11.4 Å². The molecule has 0 bridgehead atoms. The van der Waals surface area contributed by atoms with Gasteiger partial charge in [-0.15, -0.1) is 0 Å². The number of aryl methyl sites for hydroxylation is 1. The normalized spacial score (nSPS) is 15.7. The lowest BCUT2D eigenvalue weighted by atomic mass is 9.97. The molecular weight excluding hydrogens is 348 g/mol. The van der Waals surface area contributed by atoms with E-state index in [2.05, 4.69) is 5.32 Å². The molecule has 0 spiro atoms. The zero-order valence-corrected chi connectivity index (χ0v) is 15.6. The maximum absolute atomic E-state index is 12.3. The number of nitrogens with zero attached hydrogens (tertiary/aromatic N) is 1. The number of anilines is 2. The van der Waals surface area contributed by atoms with Crippen LogP contribution in [-0.2, 0) is 11.8 Å². The van der Waals surface area contributed by atoms with Crippen molar-refractivity contribution in [3.63, 3.8) is 0 Å². The molecule has 8 nitrogen and oxygen atoms in total. The van der Waals surface area contributed by atoms with E-state index in [4.69, 9.17) is 20.6 Å². The third kappa shape index (κ3) is 3.03. The third-order valence-corrected chi connectivity index (χ3v) is 4.55. The number of pyridine rings is 1. The molecule has 0 radical (unpaired) electrons. The highest BCUT2D eigenvalue weighted by molar-refractivity contribution is 6.02. The summed E-state index contributed by atoms with van der Waals surface area (Å²) in [5.74, 6) is 0.679. The van der Waals surface area contributed by atoms with Gasteiger partial charge < -0.3 is 30.5 Å². The van der Waals surface area contributed by atoms with E-state index in [1.54, 1.807) is 25.4 Å². The topological polar surface area (TPSA) is 119 Å². The highest BCUT2D eigenvalue weighted by Gasteiger charge is 2.33. The Morgan fingerprint density at radius 3 is 2.63 bits per heavy atom. The molecule has 1 aromatic heterocycles. The molecule has 2 aromatic rings. The molecule has 2 heterocycles. The first kappa shape index (κ1) is 18.5. The molecule has 4 N–H and O–H groups in total. The average Bonchev–Trinajstić information content (AvgIpc) is 2.64. The summed E-state index contributed by atoms with van der Waals surface area (Å²) < 4.78 is 12.7. The highest BCUT2D eigenvalue weighted by Crippen LogP contribution is 2.44. The minimum Gasteiger partial charge on any atom is -0.497 e. The van der Waals surface area contributed by atoms with Gasteiger partial charge in [0.2, 0.25) is 0 Å². The van der Waals surface area contributed by atoms with Gasteiger partial charge in [-0.2, -0.15) is 0 Å². The van der Waals surface area contributed by atoms with Crippen LogP contribution in [0.2, 0.25) is 0 Å². The van der Waals surface area contributed by atoms with E-state index in [1.807, 2.05) is 13.8 Å². The molecule has 3 rings (SSSR count). The molecule has 8 heteroatoms. The Morgan fingerprint density at radius 1 is 1.33 bits per heavy atom. The number of ether oxygens (including phenoxy) is 2. The summed E-state index contributed by atoms with van der Waals surface area (Å²) in [5.41, 5.74) is 7.41. The summed E-state index contributed by atoms with van der Waals surface area (Å²) in [7, 11) is 3.10. The fraction of sp³-hybridized carbons (Fsp3) is 0.316. The second kappa shape index (κ2) is 6.79. The highest BCUT2D eigenvalue weighted by atomic mass is 16.5. The van der Waals surface area contributed by atoms with Gasteiger partial charge in [-0.25, -0.2) is 0 Å². The van der Waals surface area contributed by atoms with Gasteiger partial charge >= 0.3 is 0 Å². The van der Waals surface area contributed by atoms with Crippen LogP contribution in [0.25, 0.3) is 11.1 Å². The average molecular weight is 370 g/mol. The van der Waals surface area contributed by atoms with Crippen molar-refractivity contribution >= 4 is 23.5 Å². The summed E-state index contributed by atoms with van der Waals surface area (Å²) in [6, 6.07) is 3.41. The van der Waals surface area contributed by atoms with Crippen LogP contribution in [0, 0.1) is 11.3 Å². The van der Waals surface area contributed by atoms with Crippen LogP contribution in [0.3, 0.4) is 0 Å². The van der Waals surface area contributed by atoms with Crippen molar-refractivity contribution in [1.29, 1.82) is 5.41 Å². The monoisotopic (exact) mass is 370 g/mol. The van der Waals surface area contributed by atoms with Crippen LogP contribution in [0.1, 0.15) is 19.4 Å². The first-order valence-electron chi connectivity index (χ1n) is 8.48. The van der Waals surface area contributed by atoms with Gasteiger partial charge in [0, 0.05) is 42.2 Å². The first-order valence-corrected chi connectivity index (χ1v) is 8.48. The molecule has 0 fully saturated rings. The van der Waals surface area contributed by atoms with Crippen molar-refractivity contribution in [1.82, 2.24) is 4.57 Å². The van der Waals surface area contributed by atoms with E-state index in [0.717, 1.165) is 6.21 Å². The second-order valence-corrected chi connectivity index (χ2v) is 6.75. The summed E-state index contributed by atoms with van der Waals surface area (Å²) in [4.78, 5) is 24.5. The second-order valence-electron chi connectivity index (χ2n) is 6.75. The number of nitrogen functional groups attached to an aromatic ring is 1. The smallest absolute Gasteiger partial charge is 0.274 e. The summed E-state index contributed by atoms with van der Waals surface area (Å²) in [6.45, 7) is 3.79. The van der Waals surface area contributed by atoms with E-state index in [-0.39, 0.29) is 28.6 Å². The predicted octanol–water partition coefficient (Wildman–Crippen LogP) is 2.00. The Hall–Kier alpha value is -3.29. The lowest BCUT2D eigenvalue weighted by Crippen LogP contribution is -2.40. The zero-order valence-electron chi connectivity index (χ0n) is 15.6. The van der Waals surface area contributed by atoms with Crippen molar-refractivity contribution < 1.29 is 14.3 Å². The van der Waals surface area contributed by atoms with E-state index < -0.39 is 6.10 Å². The van der Waals surface area contributed by atoms with Crippen LogP contribution < -0.4 is 26.1 Å². The van der Waals surface area contributed by atoms with Crippen LogP contribution >= 0.6 is 0 Å². The molecule has 1 amide bonds. The zero-order chi connectivity index (χ0) is 19.9. The predicted molar refractivity (Wildman–Crippen MR) is 104 cm³/mol. The fourth-order valence-electron chi connectivity index (χ4n) is 3.11. The third-order valence-electron chi connectivity index (χ3n) is 4.55. The lowest BCUT2D eigenvalue weighted by Gasteiger charge is -2.30. The maximum atomic E-state index is 12.3. The molecule has 1 aliphatic rings. The Morgan fingerprint density at radius 2 is 2.04 bits per heavy atom. The molecule has 0 aliphatic carbocycles. The molecule has 0 saturated heterocycles. The fourth-order valence-corrected chi connectivity index (χ4v) is 3.11. The van der Waals surface area contributed by atoms with Gasteiger partial charge in [-0.1, -0.05) is 13.8 Å². The van der Waals surface area contributed by atoms with Crippen LogP contribution in [-0.4, -0.2) is 29.9 Å². The molecule has 1 atom stereocenters. The van der Waals surface area contributed by atoms with Crippen molar-refractivity contribution in [2.24, 2.45) is 13.0 Å². The molecule has 27 heavy (non-hydrogen) atoms. The molecule has 142 valence electrons. The van der Waals surface area contributed by atoms with Crippen LogP contribution in [0.15, 0.2) is 23.1 Å². The number of amides is 1. The summed E-state index contributed by atoms with van der Waals surface area (Å²) in [5, 5.41) is 10.6. The van der Waals surface area contributed by atoms with Gasteiger partial charge in [0.15, 0.2) is 11.9 Å². The van der Waals surface area contributed by atoms with Crippen molar-refractivity contribution in [2.75, 3.05) is 18.2 Å². The number of fused-ring (bicyclic) bond motifs is 1. The van der Waals surface area contributed by atoms with Gasteiger partial charge in [0.05, 0.1) is 12.8 Å². The Labute approximate surface area is 156 Å². The molecule has 1 unspecified atom stereocenters. The number of benzene rings is 1. The number of carbonyl (C=O) groups is 1. The Bertz CT molecular complexity index is 994. The molecule has 1 aliphatic heterocycles. The number of nitrogens with one attached hydrogen (secondary N) is 2. The van der Waals surface area contributed by atoms with Crippen molar-refractivity contribution in [2.45, 2.75) is 20.0 Å². The van der Waals surface area contributed by atoms with Crippen molar-refractivity contribution in [3.05, 3.63) is 34.2 Å². The van der Waals surface area contributed by atoms with Gasteiger partial charge in [-0.05, 0) is 12.0 Å². The summed E-state index contributed by atoms with van der Waals surface area (Å²) in [6.07, 6.45) is 1.98. The quantitative estimate of drug-likeness (QED) is 0.711. The Kier molecular flexibility index (Phi) is 4.65. The minimum atomic E-state index is -0.655. The minimum absolute atomic E-state index is 0.0261. The lowest BCUT2D eigenvalue weighted by molar-refractivity contribution is -0.125. The van der Waals surface area contributed by atoms with Gasteiger partial charge in [0.25, 0.3) is 11.5 Å². The maximum Gasteiger partial charge on any atom is 0.274 e. The van der Waals surface area contributed by atoms with Gasteiger partial charge in [-0.3, -0.25) is 9.59 Å². The van der Waals surface area contributed by atoms with E-state index in [0.29, 0.717) is 28.3 Å². The largest absolute Gasteiger partial charge is 0.497 e. The number of rotatable bonds is 4. The van der Waals surface area contributed by atoms with Crippen molar-refractivity contribution in [3.8, 4) is 22.6 Å². The SMILES string of the molecule is COc1cc2c(c(-c3cn(C)c(=O)c(N)c3C=N)c1)OC(C(C)C)C(=O)N2. The number of aromatic nitrogens is 1. The molecular formula is C19H22N4O4. The van der Waals surface area contributed by atoms with E-state index in [1.165, 1.54) is 11.7 Å². The number of hydrogen-bond acceptors (Lipinski definition) is 6. The molecule has 1 aromatic carbocycles. The Balaban J connectivity index is 2.32. The number of hydrogen-bond donors (Lipinski definition) is 3. The van der Waals surface area contributed by atoms with Gasteiger partial charge in [0.1, 0.15) is 11.4 Å². The van der Waals surface area contributed by atoms with E-state index in [9.17, 15) is 9.59 Å². The summed E-state index contributed by atoms with van der Waals surface area (Å²) >= 11 is 0. The number of nitrogens with two attached hydrogens (primary N) is 1. The van der Waals surface area contributed by atoms with E-state index >= 15 is 0 Å². The number of carbonyl (C=O) groups excluding carboxylic acids is 1. The van der Waals surface area contributed by atoms with Crippen LogP contribution in [0.5, 0.6) is 11.5 Å². The molecule has 0 saturated carbocycles.